The van der Waals surface area contributed by atoms with Gasteiger partial charge in [0.25, 0.3) is 0 Å². The van der Waals surface area contributed by atoms with E-state index < -0.39 is 0 Å². The molecule has 0 saturated heterocycles. The zero-order chi connectivity index (χ0) is 11.3. The Kier molecular flexibility index (Phi) is 5.36. The van der Waals surface area contributed by atoms with Crippen LogP contribution in [0.25, 0.3) is 0 Å². The predicted molar refractivity (Wildman–Crippen MR) is 68.5 cm³/mol. The summed E-state index contributed by atoms with van der Waals surface area (Å²) in [4.78, 5) is 6.41. The molecule has 5 heteroatoms. The van der Waals surface area contributed by atoms with E-state index in [2.05, 4.69) is 32.7 Å². The molecule has 0 aliphatic heterocycles. The fourth-order valence-electron chi connectivity index (χ4n) is 1.39. The molecular weight excluding hydrogens is 277 g/mol. The van der Waals surface area contributed by atoms with Gasteiger partial charge in [0, 0.05) is 30.3 Å². The number of nitrogens with two attached hydrogens (primary N) is 1. The number of nitrogens with zero attached hydrogens (tertiary/aromatic N) is 2. The predicted octanol–water partition coefficient (Wildman–Crippen LogP) is 2.67. The Morgan fingerprint density at radius 1 is 1.53 bits per heavy atom. The zero-order valence-electron chi connectivity index (χ0n) is 8.71. The maximum Gasteiger partial charge on any atom is 0.147 e. The van der Waals surface area contributed by atoms with Gasteiger partial charge in [0.1, 0.15) is 5.82 Å². The standard InChI is InChI=1S/C10H15BrClN3/c1-2-4-15(5-3-13)10-9(12)6-8(11)7-14-10/h6-7H,2-5,13H2,1H3. The number of hydrogen-bond donors (Lipinski definition) is 1. The van der Waals surface area contributed by atoms with E-state index in [0.717, 1.165) is 29.8 Å². The quantitative estimate of drug-likeness (QED) is 0.907. The van der Waals surface area contributed by atoms with E-state index in [9.17, 15) is 0 Å². The third kappa shape index (κ3) is 3.63. The highest BCUT2D eigenvalue weighted by Crippen LogP contribution is 2.26. The molecule has 0 unspecified atom stereocenters. The lowest BCUT2D eigenvalue weighted by atomic mass is 10.3. The van der Waals surface area contributed by atoms with E-state index in [1.807, 2.05) is 6.07 Å². The van der Waals surface area contributed by atoms with Crippen molar-refractivity contribution in [3.05, 3.63) is 21.8 Å². The van der Waals surface area contributed by atoms with Crippen molar-refractivity contribution in [1.29, 1.82) is 0 Å². The van der Waals surface area contributed by atoms with Crippen molar-refractivity contribution < 1.29 is 0 Å². The first kappa shape index (κ1) is 12.7. The number of rotatable bonds is 5. The summed E-state index contributed by atoms with van der Waals surface area (Å²) in [6.45, 7) is 4.43. The summed E-state index contributed by atoms with van der Waals surface area (Å²) >= 11 is 9.45. The lowest BCUT2D eigenvalue weighted by Gasteiger charge is -2.23. The van der Waals surface area contributed by atoms with Crippen molar-refractivity contribution >= 4 is 33.3 Å². The Morgan fingerprint density at radius 2 is 2.27 bits per heavy atom. The van der Waals surface area contributed by atoms with Crippen LogP contribution in [0.3, 0.4) is 0 Å². The molecule has 0 bridgehead atoms. The Labute approximate surface area is 104 Å². The van der Waals surface area contributed by atoms with Crippen LogP contribution in [0.15, 0.2) is 16.7 Å². The van der Waals surface area contributed by atoms with Gasteiger partial charge in [-0.25, -0.2) is 4.98 Å². The Bertz CT molecular complexity index is 314. The second-order valence-electron chi connectivity index (χ2n) is 3.23. The highest BCUT2D eigenvalue weighted by atomic mass is 79.9. The molecule has 0 amide bonds. The Balaban J connectivity index is 2.89. The molecule has 0 saturated carbocycles. The van der Waals surface area contributed by atoms with E-state index in [-0.39, 0.29) is 0 Å². The summed E-state index contributed by atoms with van der Waals surface area (Å²) in [5.41, 5.74) is 5.56. The first-order valence-corrected chi connectivity index (χ1v) is 6.12. The maximum atomic E-state index is 6.12. The van der Waals surface area contributed by atoms with Gasteiger partial charge in [-0.3, -0.25) is 0 Å². The molecule has 1 aromatic rings. The topological polar surface area (TPSA) is 42.1 Å². The number of aromatic nitrogens is 1. The Morgan fingerprint density at radius 3 is 2.80 bits per heavy atom. The third-order valence-electron chi connectivity index (χ3n) is 1.98. The van der Waals surface area contributed by atoms with Gasteiger partial charge in [-0.1, -0.05) is 18.5 Å². The summed E-state index contributed by atoms with van der Waals surface area (Å²) in [5, 5.41) is 0.659. The molecule has 3 nitrogen and oxygen atoms in total. The van der Waals surface area contributed by atoms with Crippen molar-refractivity contribution in [3.8, 4) is 0 Å². The zero-order valence-corrected chi connectivity index (χ0v) is 11.1. The first-order chi connectivity index (χ1) is 7.19. The molecule has 0 atom stereocenters. The average molecular weight is 293 g/mol. The van der Waals surface area contributed by atoms with Crippen LogP contribution in [-0.2, 0) is 0 Å². The lowest BCUT2D eigenvalue weighted by Crippen LogP contribution is -2.31. The molecule has 0 aromatic carbocycles. The monoisotopic (exact) mass is 291 g/mol. The molecule has 0 radical (unpaired) electrons. The van der Waals surface area contributed by atoms with Crippen molar-refractivity contribution in [1.82, 2.24) is 4.98 Å². The van der Waals surface area contributed by atoms with Crippen LogP contribution in [0.1, 0.15) is 13.3 Å². The van der Waals surface area contributed by atoms with E-state index in [1.165, 1.54) is 0 Å². The summed E-state index contributed by atoms with van der Waals surface area (Å²) in [6.07, 6.45) is 2.80. The number of hydrogen-bond acceptors (Lipinski definition) is 3. The van der Waals surface area contributed by atoms with Crippen LogP contribution in [0.2, 0.25) is 5.02 Å². The van der Waals surface area contributed by atoms with Gasteiger partial charge >= 0.3 is 0 Å². The normalized spacial score (nSPS) is 10.4. The van der Waals surface area contributed by atoms with Gasteiger partial charge in [0.15, 0.2) is 0 Å². The summed E-state index contributed by atoms with van der Waals surface area (Å²) in [5.74, 6) is 0.812. The van der Waals surface area contributed by atoms with Crippen LogP contribution < -0.4 is 10.6 Å². The SMILES string of the molecule is CCCN(CCN)c1ncc(Br)cc1Cl. The van der Waals surface area contributed by atoms with Crippen molar-refractivity contribution in [2.45, 2.75) is 13.3 Å². The fraction of sp³-hybridized carbons (Fsp3) is 0.500. The summed E-state index contributed by atoms with van der Waals surface area (Å²) in [6, 6.07) is 1.85. The van der Waals surface area contributed by atoms with E-state index in [0.29, 0.717) is 11.6 Å². The molecule has 1 heterocycles. The second-order valence-corrected chi connectivity index (χ2v) is 4.56. The molecule has 15 heavy (non-hydrogen) atoms. The van der Waals surface area contributed by atoms with Gasteiger partial charge in [-0.2, -0.15) is 0 Å². The number of pyridine rings is 1. The molecule has 2 N–H and O–H groups in total. The number of anilines is 1. The van der Waals surface area contributed by atoms with E-state index in [4.69, 9.17) is 17.3 Å². The molecule has 0 fully saturated rings. The minimum Gasteiger partial charge on any atom is -0.354 e. The van der Waals surface area contributed by atoms with Gasteiger partial charge < -0.3 is 10.6 Å². The smallest absolute Gasteiger partial charge is 0.147 e. The minimum atomic E-state index is 0.605. The highest BCUT2D eigenvalue weighted by Gasteiger charge is 2.10. The third-order valence-corrected chi connectivity index (χ3v) is 2.69. The van der Waals surface area contributed by atoms with E-state index >= 15 is 0 Å². The lowest BCUT2D eigenvalue weighted by molar-refractivity contribution is 0.751. The van der Waals surface area contributed by atoms with Crippen LogP contribution in [0.5, 0.6) is 0 Å². The van der Waals surface area contributed by atoms with Crippen molar-refractivity contribution in [2.24, 2.45) is 5.73 Å². The maximum absolute atomic E-state index is 6.12. The highest BCUT2D eigenvalue weighted by molar-refractivity contribution is 9.10. The van der Waals surface area contributed by atoms with Crippen molar-refractivity contribution in [2.75, 3.05) is 24.5 Å². The van der Waals surface area contributed by atoms with Crippen molar-refractivity contribution in [3.63, 3.8) is 0 Å². The molecule has 0 aliphatic carbocycles. The van der Waals surface area contributed by atoms with Gasteiger partial charge in [-0.15, -0.1) is 0 Å². The summed E-state index contributed by atoms with van der Waals surface area (Å²) in [7, 11) is 0. The van der Waals surface area contributed by atoms with Gasteiger partial charge in [-0.05, 0) is 28.4 Å². The Hall–Kier alpha value is -0.320. The molecule has 0 aliphatic rings. The van der Waals surface area contributed by atoms with E-state index in [1.54, 1.807) is 6.20 Å². The van der Waals surface area contributed by atoms with Crippen LogP contribution in [0, 0.1) is 0 Å². The largest absolute Gasteiger partial charge is 0.354 e. The molecule has 1 rings (SSSR count). The van der Waals surface area contributed by atoms with Crippen LogP contribution >= 0.6 is 27.5 Å². The average Bonchev–Trinajstić information content (AvgIpc) is 2.17. The molecule has 1 aromatic heterocycles. The molecule has 84 valence electrons. The van der Waals surface area contributed by atoms with Gasteiger partial charge in [0.05, 0.1) is 5.02 Å². The minimum absolute atomic E-state index is 0.605. The van der Waals surface area contributed by atoms with Crippen LogP contribution in [-0.4, -0.2) is 24.6 Å². The second kappa shape index (κ2) is 6.30. The van der Waals surface area contributed by atoms with Gasteiger partial charge in [0.2, 0.25) is 0 Å². The summed E-state index contributed by atoms with van der Waals surface area (Å²) < 4.78 is 0.889. The van der Waals surface area contributed by atoms with Crippen LogP contribution in [0.4, 0.5) is 5.82 Å². The fourth-order valence-corrected chi connectivity index (χ4v) is 2.14. The number of halogens is 2. The first-order valence-electron chi connectivity index (χ1n) is 4.95. The molecular formula is C10H15BrClN3. The molecule has 0 spiro atoms.